The van der Waals surface area contributed by atoms with Gasteiger partial charge in [-0.3, -0.25) is 9.59 Å². The lowest BCUT2D eigenvalue weighted by Crippen LogP contribution is -2.32. The number of imide groups is 1. The van der Waals surface area contributed by atoms with E-state index in [2.05, 4.69) is 5.32 Å². The smallest absolute Gasteiger partial charge is 0.282 e. The Morgan fingerprint density at radius 1 is 0.788 bits per heavy atom. The maximum atomic E-state index is 13.6. The van der Waals surface area contributed by atoms with Crippen molar-refractivity contribution in [2.24, 2.45) is 0 Å². The number of rotatable bonds is 8. The first kappa shape index (κ1) is 22.1. The number of anilines is 2. The number of ether oxygens (including phenoxy) is 2. The molecule has 168 valence electrons. The molecule has 0 saturated heterocycles. The Morgan fingerprint density at radius 3 is 2.09 bits per heavy atom. The normalized spacial score (nSPS) is 13.5. The lowest BCUT2D eigenvalue weighted by Gasteiger charge is -2.16. The summed E-state index contributed by atoms with van der Waals surface area (Å²) in [5, 5.41) is 3.18. The Kier molecular flexibility index (Phi) is 6.45. The number of carbonyl (C=O) groups is 2. The van der Waals surface area contributed by atoms with Crippen LogP contribution in [0.2, 0.25) is 0 Å². The summed E-state index contributed by atoms with van der Waals surface area (Å²) in [6.45, 7) is 6.78. The minimum Gasteiger partial charge on any atom is -0.494 e. The van der Waals surface area contributed by atoms with Gasteiger partial charge < -0.3 is 14.8 Å². The summed E-state index contributed by atoms with van der Waals surface area (Å²) in [5.41, 5.74) is 3.40. The van der Waals surface area contributed by atoms with Crippen LogP contribution in [-0.2, 0) is 9.59 Å². The molecule has 0 saturated carbocycles. The second-order valence-electron chi connectivity index (χ2n) is 7.58. The molecule has 0 aliphatic carbocycles. The van der Waals surface area contributed by atoms with Gasteiger partial charge in [-0.15, -0.1) is 0 Å². The van der Waals surface area contributed by atoms with Gasteiger partial charge in [-0.05, 0) is 50.6 Å². The first-order chi connectivity index (χ1) is 16.0. The van der Waals surface area contributed by atoms with Crippen molar-refractivity contribution in [3.8, 4) is 11.5 Å². The molecule has 0 radical (unpaired) electrons. The minimum absolute atomic E-state index is 0.222. The molecule has 3 aromatic rings. The van der Waals surface area contributed by atoms with E-state index >= 15 is 0 Å². The zero-order valence-electron chi connectivity index (χ0n) is 18.9. The van der Waals surface area contributed by atoms with Gasteiger partial charge in [0.1, 0.15) is 17.2 Å². The highest BCUT2D eigenvalue weighted by Gasteiger charge is 2.40. The summed E-state index contributed by atoms with van der Waals surface area (Å²) < 4.78 is 11.1. The van der Waals surface area contributed by atoms with E-state index in [1.807, 2.05) is 63.2 Å². The van der Waals surface area contributed by atoms with Crippen LogP contribution in [0, 0.1) is 6.92 Å². The van der Waals surface area contributed by atoms with Crippen molar-refractivity contribution in [2.45, 2.75) is 20.8 Å². The van der Waals surface area contributed by atoms with Crippen molar-refractivity contribution in [3.05, 3.63) is 89.6 Å². The number of nitrogens with zero attached hydrogens (tertiary/aromatic N) is 1. The molecule has 2 amide bonds. The van der Waals surface area contributed by atoms with Gasteiger partial charge >= 0.3 is 0 Å². The fraction of sp³-hybridized carbons (Fsp3) is 0.185. The summed E-state index contributed by atoms with van der Waals surface area (Å²) in [6.07, 6.45) is 0. The van der Waals surface area contributed by atoms with E-state index in [4.69, 9.17) is 9.47 Å². The maximum Gasteiger partial charge on any atom is 0.282 e. The topological polar surface area (TPSA) is 67.9 Å². The molecule has 6 nitrogen and oxygen atoms in total. The number of nitrogens with one attached hydrogen (secondary N) is 1. The average molecular weight is 443 g/mol. The summed E-state index contributed by atoms with van der Waals surface area (Å²) in [4.78, 5) is 28.3. The van der Waals surface area contributed by atoms with Crippen LogP contribution in [-0.4, -0.2) is 25.0 Å². The van der Waals surface area contributed by atoms with Crippen LogP contribution in [0.15, 0.2) is 78.5 Å². The quantitative estimate of drug-likeness (QED) is 0.487. The molecule has 0 bridgehead atoms. The molecule has 1 aliphatic heterocycles. The molecule has 33 heavy (non-hydrogen) atoms. The number of benzene rings is 3. The van der Waals surface area contributed by atoms with Gasteiger partial charge in [0.15, 0.2) is 0 Å². The number of aryl methyl sites for hydroxylation is 1. The molecule has 6 heteroatoms. The molecule has 1 N–H and O–H groups in total. The van der Waals surface area contributed by atoms with Crippen LogP contribution in [0.25, 0.3) is 5.57 Å². The fourth-order valence-corrected chi connectivity index (χ4v) is 3.72. The number of carbonyl (C=O) groups excluding carboxylic acids is 2. The van der Waals surface area contributed by atoms with E-state index in [0.29, 0.717) is 47.2 Å². The number of hydrogen-bond acceptors (Lipinski definition) is 5. The molecule has 0 unspecified atom stereocenters. The maximum absolute atomic E-state index is 13.6. The second kappa shape index (κ2) is 9.61. The average Bonchev–Trinajstić information content (AvgIpc) is 3.05. The first-order valence-corrected chi connectivity index (χ1v) is 10.9. The van der Waals surface area contributed by atoms with Gasteiger partial charge in [-0.1, -0.05) is 42.0 Å². The van der Waals surface area contributed by atoms with E-state index < -0.39 is 5.91 Å². The molecule has 4 rings (SSSR count). The van der Waals surface area contributed by atoms with Crippen molar-refractivity contribution in [3.63, 3.8) is 0 Å². The highest BCUT2D eigenvalue weighted by molar-refractivity contribution is 6.46. The van der Waals surface area contributed by atoms with Gasteiger partial charge in [-0.25, -0.2) is 4.90 Å². The van der Waals surface area contributed by atoms with Gasteiger partial charge in [0.2, 0.25) is 0 Å². The Morgan fingerprint density at radius 2 is 1.42 bits per heavy atom. The Balaban J connectivity index is 1.77. The third kappa shape index (κ3) is 4.60. The van der Waals surface area contributed by atoms with Gasteiger partial charge in [0.25, 0.3) is 11.8 Å². The van der Waals surface area contributed by atoms with Crippen molar-refractivity contribution >= 4 is 28.8 Å². The lowest BCUT2D eigenvalue weighted by molar-refractivity contribution is -0.120. The molecular formula is C27H26N2O4. The van der Waals surface area contributed by atoms with E-state index in [1.54, 1.807) is 30.3 Å². The molecule has 0 fully saturated rings. The predicted octanol–water partition coefficient (Wildman–Crippen LogP) is 5.19. The molecule has 0 aromatic heterocycles. The van der Waals surface area contributed by atoms with Crippen molar-refractivity contribution < 1.29 is 19.1 Å². The molecule has 3 aromatic carbocycles. The van der Waals surface area contributed by atoms with E-state index in [9.17, 15) is 9.59 Å². The highest BCUT2D eigenvalue weighted by atomic mass is 16.5. The molecular weight excluding hydrogens is 416 g/mol. The second-order valence-corrected chi connectivity index (χ2v) is 7.58. The van der Waals surface area contributed by atoms with E-state index in [0.717, 1.165) is 5.56 Å². The Labute approximate surface area is 193 Å². The van der Waals surface area contributed by atoms with Crippen molar-refractivity contribution in [1.29, 1.82) is 0 Å². The van der Waals surface area contributed by atoms with Gasteiger partial charge in [0.05, 0.1) is 24.5 Å². The molecule has 1 aliphatic rings. The van der Waals surface area contributed by atoms with Crippen LogP contribution in [0.3, 0.4) is 0 Å². The monoisotopic (exact) mass is 442 g/mol. The Hall–Kier alpha value is -4.06. The highest BCUT2D eigenvalue weighted by Crippen LogP contribution is 2.35. The lowest BCUT2D eigenvalue weighted by atomic mass is 10.0. The molecule has 0 spiro atoms. The molecule has 1 heterocycles. The van der Waals surface area contributed by atoms with Crippen molar-refractivity contribution in [1.82, 2.24) is 0 Å². The first-order valence-electron chi connectivity index (χ1n) is 10.9. The van der Waals surface area contributed by atoms with Crippen LogP contribution < -0.4 is 19.7 Å². The van der Waals surface area contributed by atoms with Crippen LogP contribution >= 0.6 is 0 Å². The van der Waals surface area contributed by atoms with Gasteiger partial charge in [-0.2, -0.15) is 0 Å². The van der Waals surface area contributed by atoms with E-state index in [-0.39, 0.29) is 11.6 Å². The number of amides is 2. The zero-order valence-corrected chi connectivity index (χ0v) is 18.9. The van der Waals surface area contributed by atoms with Crippen LogP contribution in [0.4, 0.5) is 11.4 Å². The summed E-state index contributed by atoms with van der Waals surface area (Å²) in [6, 6.07) is 21.9. The largest absolute Gasteiger partial charge is 0.494 e. The standard InChI is InChI=1S/C27H26N2O4/c1-4-32-22-10-6-8-20(16-22)28-25-24(19-14-12-18(3)13-15-19)26(30)29(27(25)31)21-9-7-11-23(17-21)33-5-2/h6-17,28H,4-5H2,1-3H3. The van der Waals surface area contributed by atoms with Crippen molar-refractivity contribution in [2.75, 3.05) is 23.4 Å². The molecule has 0 atom stereocenters. The summed E-state index contributed by atoms with van der Waals surface area (Å²) >= 11 is 0. The third-order valence-electron chi connectivity index (χ3n) is 5.23. The zero-order chi connectivity index (χ0) is 23.4. The number of hydrogen-bond donors (Lipinski definition) is 1. The SMILES string of the molecule is CCOc1cccc(NC2=C(c3ccc(C)cc3)C(=O)N(c3cccc(OCC)c3)C2=O)c1. The van der Waals surface area contributed by atoms with Gasteiger partial charge in [0, 0.05) is 17.8 Å². The fourth-order valence-electron chi connectivity index (χ4n) is 3.72. The third-order valence-corrected chi connectivity index (χ3v) is 5.23. The summed E-state index contributed by atoms with van der Waals surface area (Å²) in [5.74, 6) is 0.461. The van der Waals surface area contributed by atoms with E-state index in [1.165, 1.54) is 4.90 Å². The Bertz CT molecular complexity index is 1210. The minimum atomic E-state index is -0.425. The predicted molar refractivity (Wildman–Crippen MR) is 129 cm³/mol. The van der Waals surface area contributed by atoms with Crippen LogP contribution in [0.5, 0.6) is 11.5 Å². The van der Waals surface area contributed by atoms with Crippen LogP contribution in [0.1, 0.15) is 25.0 Å². The summed E-state index contributed by atoms with van der Waals surface area (Å²) in [7, 11) is 0.